The Kier molecular flexibility index (Phi) is 4.62. The fraction of sp³-hybridized carbons (Fsp3) is 0.286. The number of ether oxygens (including phenoxy) is 1. The van der Waals surface area contributed by atoms with Crippen LogP contribution < -0.4 is 15.6 Å². The Labute approximate surface area is 156 Å². The maximum absolute atomic E-state index is 12.7. The number of rotatable bonds is 4. The van der Waals surface area contributed by atoms with E-state index in [9.17, 15) is 9.59 Å². The number of amides is 1. The molecule has 0 saturated carbocycles. The SMILES string of the molecule is CCOc1ccccc1NC(=O)c1ccc2c(=O)n3c(nc2c1)CCCC3. The van der Waals surface area contributed by atoms with Gasteiger partial charge in [-0.3, -0.25) is 14.2 Å². The summed E-state index contributed by atoms with van der Waals surface area (Å²) in [6.07, 6.45) is 2.83. The quantitative estimate of drug-likeness (QED) is 0.771. The molecule has 0 bridgehead atoms. The second kappa shape index (κ2) is 7.23. The fourth-order valence-electron chi connectivity index (χ4n) is 3.43. The highest BCUT2D eigenvalue weighted by atomic mass is 16.5. The van der Waals surface area contributed by atoms with Gasteiger partial charge in [0, 0.05) is 18.5 Å². The fourth-order valence-corrected chi connectivity index (χ4v) is 3.43. The lowest BCUT2D eigenvalue weighted by atomic mass is 10.1. The second-order valence-electron chi connectivity index (χ2n) is 6.56. The van der Waals surface area contributed by atoms with Crippen molar-refractivity contribution >= 4 is 22.5 Å². The van der Waals surface area contributed by atoms with Crippen molar-refractivity contribution in [3.63, 3.8) is 0 Å². The number of nitrogens with zero attached hydrogens (tertiary/aromatic N) is 2. The zero-order chi connectivity index (χ0) is 18.8. The number of carbonyl (C=O) groups excluding carboxylic acids is 1. The van der Waals surface area contributed by atoms with Crippen LogP contribution in [0.15, 0.2) is 47.3 Å². The minimum atomic E-state index is -0.260. The van der Waals surface area contributed by atoms with E-state index in [-0.39, 0.29) is 11.5 Å². The Bertz CT molecular complexity index is 1070. The van der Waals surface area contributed by atoms with Gasteiger partial charge in [0.2, 0.25) is 0 Å². The van der Waals surface area contributed by atoms with Crippen molar-refractivity contribution in [2.75, 3.05) is 11.9 Å². The molecule has 4 rings (SSSR count). The molecule has 1 aliphatic rings. The van der Waals surface area contributed by atoms with Gasteiger partial charge in [-0.15, -0.1) is 0 Å². The standard InChI is InChI=1S/C21H21N3O3/c1-2-27-18-8-4-3-7-16(18)23-20(25)14-10-11-15-17(13-14)22-19-9-5-6-12-24(19)21(15)26/h3-4,7-8,10-11,13H,2,5-6,9,12H2,1H3,(H,23,25). The van der Waals surface area contributed by atoms with E-state index in [4.69, 9.17) is 4.74 Å². The van der Waals surface area contributed by atoms with E-state index < -0.39 is 0 Å². The lowest BCUT2D eigenvalue weighted by molar-refractivity contribution is 0.102. The summed E-state index contributed by atoms with van der Waals surface area (Å²) in [6, 6.07) is 12.4. The molecule has 0 atom stereocenters. The molecule has 1 aliphatic heterocycles. The molecule has 0 aliphatic carbocycles. The van der Waals surface area contributed by atoms with Gasteiger partial charge >= 0.3 is 0 Å². The van der Waals surface area contributed by atoms with Crippen molar-refractivity contribution in [3.05, 3.63) is 64.2 Å². The van der Waals surface area contributed by atoms with Crippen LogP contribution in [-0.4, -0.2) is 22.1 Å². The molecule has 6 nitrogen and oxygen atoms in total. The van der Waals surface area contributed by atoms with E-state index in [0.29, 0.717) is 41.1 Å². The van der Waals surface area contributed by atoms with E-state index in [1.807, 2.05) is 25.1 Å². The van der Waals surface area contributed by atoms with Crippen LogP contribution in [0.1, 0.15) is 35.9 Å². The third-order valence-electron chi connectivity index (χ3n) is 4.76. The number of aryl methyl sites for hydroxylation is 1. The number of fused-ring (bicyclic) bond motifs is 2. The molecule has 0 saturated heterocycles. The number of hydrogen-bond donors (Lipinski definition) is 1. The molecule has 0 unspecified atom stereocenters. The zero-order valence-electron chi connectivity index (χ0n) is 15.2. The average molecular weight is 363 g/mol. The van der Waals surface area contributed by atoms with Gasteiger partial charge in [-0.05, 0) is 50.1 Å². The van der Waals surface area contributed by atoms with Gasteiger partial charge in [0.1, 0.15) is 11.6 Å². The number of anilines is 1. The van der Waals surface area contributed by atoms with E-state index in [1.54, 1.807) is 28.8 Å². The Morgan fingerprint density at radius 3 is 2.93 bits per heavy atom. The van der Waals surface area contributed by atoms with Crippen LogP contribution >= 0.6 is 0 Å². The van der Waals surface area contributed by atoms with Crippen molar-refractivity contribution in [1.82, 2.24) is 9.55 Å². The highest BCUT2D eigenvalue weighted by molar-refractivity contribution is 6.06. The normalized spacial score (nSPS) is 13.2. The monoisotopic (exact) mass is 363 g/mol. The van der Waals surface area contributed by atoms with Crippen LogP contribution in [-0.2, 0) is 13.0 Å². The number of para-hydroxylation sites is 2. The molecule has 1 amide bonds. The number of carbonyl (C=O) groups is 1. The van der Waals surface area contributed by atoms with Crippen molar-refractivity contribution in [2.24, 2.45) is 0 Å². The number of benzene rings is 2. The summed E-state index contributed by atoms with van der Waals surface area (Å²) in [5.74, 6) is 1.17. The number of hydrogen-bond acceptors (Lipinski definition) is 4. The first kappa shape index (κ1) is 17.3. The first-order chi connectivity index (χ1) is 13.2. The van der Waals surface area contributed by atoms with Gasteiger partial charge < -0.3 is 10.1 Å². The predicted octanol–water partition coefficient (Wildman–Crippen LogP) is 3.38. The summed E-state index contributed by atoms with van der Waals surface area (Å²) in [5.41, 5.74) is 1.62. The van der Waals surface area contributed by atoms with E-state index in [0.717, 1.165) is 25.1 Å². The summed E-state index contributed by atoms with van der Waals surface area (Å²) in [5, 5.41) is 3.43. The minimum absolute atomic E-state index is 0.0247. The van der Waals surface area contributed by atoms with Gasteiger partial charge in [0.25, 0.3) is 11.5 Å². The van der Waals surface area contributed by atoms with Gasteiger partial charge in [-0.2, -0.15) is 0 Å². The third-order valence-corrected chi connectivity index (χ3v) is 4.76. The van der Waals surface area contributed by atoms with E-state index in [1.165, 1.54) is 0 Å². The van der Waals surface area contributed by atoms with E-state index >= 15 is 0 Å². The average Bonchev–Trinajstić information content (AvgIpc) is 2.69. The number of aromatic nitrogens is 2. The van der Waals surface area contributed by atoms with Crippen LogP contribution in [0.4, 0.5) is 5.69 Å². The van der Waals surface area contributed by atoms with Crippen molar-refractivity contribution in [3.8, 4) is 5.75 Å². The van der Waals surface area contributed by atoms with Crippen LogP contribution in [0.25, 0.3) is 10.9 Å². The maximum atomic E-state index is 12.7. The summed E-state index contributed by atoms with van der Waals surface area (Å²) in [6.45, 7) is 3.13. The first-order valence-corrected chi connectivity index (χ1v) is 9.24. The summed E-state index contributed by atoms with van der Waals surface area (Å²) >= 11 is 0. The van der Waals surface area contributed by atoms with Gasteiger partial charge in [-0.1, -0.05) is 12.1 Å². The zero-order valence-corrected chi connectivity index (χ0v) is 15.2. The molecule has 2 aromatic carbocycles. The molecule has 0 fully saturated rings. The lowest BCUT2D eigenvalue weighted by Crippen LogP contribution is -2.28. The lowest BCUT2D eigenvalue weighted by Gasteiger charge is -2.18. The van der Waals surface area contributed by atoms with E-state index in [2.05, 4.69) is 10.3 Å². The Morgan fingerprint density at radius 2 is 2.07 bits per heavy atom. The summed E-state index contributed by atoms with van der Waals surface area (Å²) < 4.78 is 7.30. The molecular formula is C21H21N3O3. The van der Waals surface area contributed by atoms with Gasteiger partial charge in [0.15, 0.2) is 0 Å². The van der Waals surface area contributed by atoms with Crippen molar-refractivity contribution in [2.45, 2.75) is 32.7 Å². The molecule has 0 spiro atoms. The Hall–Kier alpha value is -3.15. The predicted molar refractivity (Wildman–Crippen MR) is 105 cm³/mol. The van der Waals surface area contributed by atoms with Gasteiger partial charge in [0.05, 0.1) is 23.2 Å². The topological polar surface area (TPSA) is 73.2 Å². The highest BCUT2D eigenvalue weighted by Gasteiger charge is 2.16. The van der Waals surface area contributed by atoms with Crippen LogP contribution in [0.2, 0.25) is 0 Å². The highest BCUT2D eigenvalue weighted by Crippen LogP contribution is 2.24. The molecule has 2 heterocycles. The van der Waals surface area contributed by atoms with Crippen LogP contribution in [0.3, 0.4) is 0 Å². The summed E-state index contributed by atoms with van der Waals surface area (Å²) in [4.78, 5) is 30.0. The Balaban J connectivity index is 1.68. The molecule has 3 aromatic rings. The molecule has 1 N–H and O–H groups in total. The Morgan fingerprint density at radius 1 is 1.22 bits per heavy atom. The first-order valence-electron chi connectivity index (χ1n) is 9.24. The molecule has 138 valence electrons. The largest absolute Gasteiger partial charge is 0.492 e. The third kappa shape index (κ3) is 3.30. The molecular weight excluding hydrogens is 342 g/mol. The van der Waals surface area contributed by atoms with Crippen LogP contribution in [0, 0.1) is 0 Å². The minimum Gasteiger partial charge on any atom is -0.492 e. The molecule has 0 radical (unpaired) electrons. The van der Waals surface area contributed by atoms with Crippen molar-refractivity contribution in [1.29, 1.82) is 0 Å². The second-order valence-corrected chi connectivity index (χ2v) is 6.56. The van der Waals surface area contributed by atoms with Crippen LogP contribution in [0.5, 0.6) is 5.75 Å². The molecule has 1 aromatic heterocycles. The maximum Gasteiger partial charge on any atom is 0.261 e. The molecule has 6 heteroatoms. The smallest absolute Gasteiger partial charge is 0.261 e. The molecule has 27 heavy (non-hydrogen) atoms. The summed E-state index contributed by atoms with van der Waals surface area (Å²) in [7, 11) is 0. The van der Waals surface area contributed by atoms with Crippen molar-refractivity contribution < 1.29 is 9.53 Å². The number of nitrogens with one attached hydrogen (secondary N) is 1. The van der Waals surface area contributed by atoms with Gasteiger partial charge in [-0.25, -0.2) is 4.98 Å².